The normalized spacial score (nSPS) is 10.1. The number of hydrogen-bond acceptors (Lipinski definition) is 3. The Kier molecular flexibility index (Phi) is 2.72. The van der Waals surface area contributed by atoms with Crippen LogP contribution in [0.5, 0.6) is 11.5 Å². The molecule has 0 atom stereocenters. The molecule has 4 heteroatoms. The predicted octanol–water partition coefficient (Wildman–Crippen LogP) is 2.33. The zero-order chi connectivity index (χ0) is 11.5. The van der Waals surface area contributed by atoms with E-state index in [4.69, 9.17) is 4.74 Å². The lowest BCUT2D eigenvalue weighted by Gasteiger charge is -2.04. The maximum Gasteiger partial charge on any atom is 0.165 e. The van der Waals surface area contributed by atoms with Crippen molar-refractivity contribution >= 4 is 6.29 Å². The first kappa shape index (κ1) is 10.4. The molecular weight excluding hydrogens is 204 g/mol. The van der Waals surface area contributed by atoms with Crippen LogP contribution in [0, 0.1) is 6.92 Å². The van der Waals surface area contributed by atoms with Gasteiger partial charge in [0.15, 0.2) is 5.75 Å². The van der Waals surface area contributed by atoms with E-state index >= 15 is 0 Å². The van der Waals surface area contributed by atoms with Crippen molar-refractivity contribution in [2.45, 2.75) is 6.92 Å². The van der Waals surface area contributed by atoms with E-state index in [1.54, 1.807) is 29.2 Å². The molecule has 0 fully saturated rings. The molecular formula is C12H12N2O2. The molecule has 1 aromatic heterocycles. The van der Waals surface area contributed by atoms with Gasteiger partial charge in [-0.3, -0.25) is 9.48 Å². The van der Waals surface area contributed by atoms with Gasteiger partial charge in [0.1, 0.15) is 12.0 Å². The summed E-state index contributed by atoms with van der Waals surface area (Å²) in [7, 11) is 1.83. The van der Waals surface area contributed by atoms with Crippen molar-refractivity contribution in [1.29, 1.82) is 0 Å². The number of carbonyl (C=O) groups is 1. The molecule has 0 saturated heterocycles. The van der Waals surface area contributed by atoms with Gasteiger partial charge in [-0.25, -0.2) is 0 Å². The van der Waals surface area contributed by atoms with Crippen molar-refractivity contribution in [3.63, 3.8) is 0 Å². The lowest BCUT2D eigenvalue weighted by molar-refractivity contribution is 0.112. The Labute approximate surface area is 93.5 Å². The standard InChI is InChI=1S/C12H12N2O2/c1-9-5-11(4-3-10(9)8-15)16-12-6-13-14(2)7-12/h3-8H,1-2H3. The Morgan fingerprint density at radius 1 is 1.38 bits per heavy atom. The van der Waals surface area contributed by atoms with Crippen molar-refractivity contribution in [3.8, 4) is 11.5 Å². The quantitative estimate of drug-likeness (QED) is 0.739. The van der Waals surface area contributed by atoms with Crippen molar-refractivity contribution in [3.05, 3.63) is 41.7 Å². The number of nitrogens with zero attached hydrogens (tertiary/aromatic N) is 2. The topological polar surface area (TPSA) is 44.1 Å². The number of hydrogen-bond donors (Lipinski definition) is 0. The van der Waals surface area contributed by atoms with Crippen molar-refractivity contribution in [1.82, 2.24) is 9.78 Å². The molecule has 0 aliphatic rings. The predicted molar refractivity (Wildman–Crippen MR) is 59.8 cm³/mol. The second-order valence-corrected chi connectivity index (χ2v) is 3.59. The molecule has 4 nitrogen and oxygen atoms in total. The van der Waals surface area contributed by atoms with Gasteiger partial charge in [-0.2, -0.15) is 5.10 Å². The molecule has 0 aliphatic heterocycles. The molecule has 0 N–H and O–H groups in total. The van der Waals surface area contributed by atoms with Crippen LogP contribution in [0.3, 0.4) is 0 Å². The Morgan fingerprint density at radius 3 is 2.75 bits per heavy atom. The van der Waals surface area contributed by atoms with Crippen LogP contribution in [0.2, 0.25) is 0 Å². The number of aldehydes is 1. The lowest BCUT2D eigenvalue weighted by Crippen LogP contribution is -1.88. The van der Waals surface area contributed by atoms with Crippen molar-refractivity contribution in [2.75, 3.05) is 0 Å². The highest BCUT2D eigenvalue weighted by atomic mass is 16.5. The van der Waals surface area contributed by atoms with E-state index in [-0.39, 0.29) is 0 Å². The van der Waals surface area contributed by atoms with Crippen LogP contribution >= 0.6 is 0 Å². The Hall–Kier alpha value is -2.10. The molecule has 2 aromatic rings. The van der Waals surface area contributed by atoms with E-state index in [1.807, 2.05) is 20.0 Å². The summed E-state index contributed by atoms with van der Waals surface area (Å²) in [6, 6.07) is 5.34. The maximum atomic E-state index is 10.6. The Morgan fingerprint density at radius 2 is 2.19 bits per heavy atom. The van der Waals surface area contributed by atoms with Crippen LogP contribution < -0.4 is 4.74 Å². The molecule has 2 rings (SSSR count). The molecule has 16 heavy (non-hydrogen) atoms. The summed E-state index contributed by atoms with van der Waals surface area (Å²) in [6.45, 7) is 1.87. The van der Waals surface area contributed by atoms with Crippen LogP contribution in [-0.4, -0.2) is 16.1 Å². The van der Waals surface area contributed by atoms with Gasteiger partial charge in [0, 0.05) is 12.6 Å². The first-order valence-corrected chi connectivity index (χ1v) is 4.91. The Bertz CT molecular complexity index is 517. The molecule has 0 bridgehead atoms. The summed E-state index contributed by atoms with van der Waals surface area (Å²) >= 11 is 0. The van der Waals surface area contributed by atoms with Gasteiger partial charge in [-0.1, -0.05) is 0 Å². The second kappa shape index (κ2) is 4.18. The van der Waals surface area contributed by atoms with Crippen LogP contribution in [0.15, 0.2) is 30.6 Å². The zero-order valence-electron chi connectivity index (χ0n) is 9.18. The molecule has 1 heterocycles. The zero-order valence-corrected chi connectivity index (χ0v) is 9.18. The van der Waals surface area contributed by atoms with Gasteiger partial charge in [0.25, 0.3) is 0 Å². The van der Waals surface area contributed by atoms with Gasteiger partial charge in [-0.15, -0.1) is 0 Å². The number of rotatable bonds is 3. The van der Waals surface area contributed by atoms with Gasteiger partial charge in [0.05, 0.1) is 12.4 Å². The molecule has 82 valence electrons. The average molecular weight is 216 g/mol. The van der Waals surface area contributed by atoms with Crippen LogP contribution in [-0.2, 0) is 7.05 Å². The van der Waals surface area contributed by atoms with E-state index in [2.05, 4.69) is 5.10 Å². The van der Waals surface area contributed by atoms with Crippen molar-refractivity contribution < 1.29 is 9.53 Å². The molecule has 0 unspecified atom stereocenters. The SMILES string of the molecule is Cc1cc(Oc2cnn(C)c2)ccc1C=O. The van der Waals surface area contributed by atoms with Gasteiger partial charge in [0.2, 0.25) is 0 Å². The number of aromatic nitrogens is 2. The number of ether oxygens (including phenoxy) is 1. The highest BCUT2D eigenvalue weighted by molar-refractivity contribution is 5.77. The first-order valence-electron chi connectivity index (χ1n) is 4.91. The molecule has 0 aliphatic carbocycles. The third-order valence-corrected chi connectivity index (χ3v) is 2.29. The second-order valence-electron chi connectivity index (χ2n) is 3.59. The molecule has 0 radical (unpaired) electrons. The fourth-order valence-electron chi connectivity index (χ4n) is 1.43. The fraction of sp³-hybridized carbons (Fsp3) is 0.167. The van der Waals surface area contributed by atoms with Gasteiger partial charge in [-0.05, 0) is 30.7 Å². The van der Waals surface area contributed by atoms with E-state index < -0.39 is 0 Å². The third kappa shape index (κ3) is 2.11. The number of carbonyl (C=O) groups excluding carboxylic acids is 1. The van der Waals surface area contributed by atoms with Crippen LogP contribution in [0.1, 0.15) is 15.9 Å². The summed E-state index contributed by atoms with van der Waals surface area (Å²) < 4.78 is 7.25. The summed E-state index contributed by atoms with van der Waals surface area (Å²) in [5, 5.41) is 4.00. The van der Waals surface area contributed by atoms with Crippen LogP contribution in [0.25, 0.3) is 0 Å². The summed E-state index contributed by atoms with van der Waals surface area (Å²) in [5.41, 5.74) is 1.58. The van der Waals surface area contributed by atoms with Crippen LogP contribution in [0.4, 0.5) is 0 Å². The van der Waals surface area contributed by atoms with Gasteiger partial charge >= 0.3 is 0 Å². The monoisotopic (exact) mass is 216 g/mol. The minimum atomic E-state index is 0.679. The highest BCUT2D eigenvalue weighted by Crippen LogP contribution is 2.22. The first-order chi connectivity index (χ1) is 7.69. The fourth-order valence-corrected chi connectivity index (χ4v) is 1.43. The molecule has 0 amide bonds. The highest BCUT2D eigenvalue weighted by Gasteiger charge is 2.02. The smallest absolute Gasteiger partial charge is 0.165 e. The molecule has 1 aromatic carbocycles. The van der Waals surface area contributed by atoms with E-state index in [0.29, 0.717) is 17.1 Å². The Balaban J connectivity index is 2.22. The van der Waals surface area contributed by atoms with Crippen molar-refractivity contribution in [2.24, 2.45) is 7.05 Å². The summed E-state index contributed by atoms with van der Waals surface area (Å²) in [4.78, 5) is 10.6. The minimum Gasteiger partial charge on any atom is -0.454 e. The van der Waals surface area contributed by atoms with E-state index in [0.717, 1.165) is 11.8 Å². The largest absolute Gasteiger partial charge is 0.454 e. The van der Waals surface area contributed by atoms with E-state index in [9.17, 15) is 4.79 Å². The number of benzene rings is 1. The number of aryl methyl sites for hydroxylation is 2. The summed E-state index contributed by atoms with van der Waals surface area (Å²) in [5.74, 6) is 1.39. The maximum absolute atomic E-state index is 10.6. The molecule has 0 spiro atoms. The minimum absolute atomic E-state index is 0.679. The lowest BCUT2D eigenvalue weighted by atomic mass is 10.1. The third-order valence-electron chi connectivity index (χ3n) is 2.29. The average Bonchev–Trinajstić information content (AvgIpc) is 2.64. The summed E-state index contributed by atoms with van der Waals surface area (Å²) in [6.07, 6.45) is 4.26. The van der Waals surface area contributed by atoms with Gasteiger partial charge < -0.3 is 4.74 Å². The van der Waals surface area contributed by atoms with E-state index in [1.165, 1.54) is 0 Å². The molecule has 0 saturated carbocycles.